The zero-order chi connectivity index (χ0) is 15.2. The number of hydrogen-bond acceptors (Lipinski definition) is 3. The van der Waals surface area contributed by atoms with Gasteiger partial charge in [-0.2, -0.15) is 0 Å². The van der Waals surface area contributed by atoms with Crippen LogP contribution >= 0.6 is 0 Å². The monoisotopic (exact) mass is 293 g/mol. The highest BCUT2D eigenvalue weighted by Gasteiger charge is 2.20. The highest BCUT2D eigenvalue weighted by atomic mass is 19.1. The zero-order valence-corrected chi connectivity index (χ0v) is 12.8. The van der Waals surface area contributed by atoms with E-state index < -0.39 is 0 Å². The van der Waals surface area contributed by atoms with Gasteiger partial charge in [-0.25, -0.2) is 4.39 Å². The molecule has 0 atom stereocenters. The van der Waals surface area contributed by atoms with E-state index in [-0.39, 0.29) is 11.7 Å². The summed E-state index contributed by atoms with van der Waals surface area (Å²) in [5.74, 6) is -0.0776. The predicted octanol–water partition coefficient (Wildman–Crippen LogP) is 1.43. The molecule has 0 saturated carbocycles. The lowest BCUT2D eigenvalue weighted by Gasteiger charge is -2.31. The van der Waals surface area contributed by atoms with Gasteiger partial charge in [-0.3, -0.25) is 9.69 Å². The molecule has 21 heavy (non-hydrogen) atoms. The number of aryl methyl sites for hydroxylation is 1. The van der Waals surface area contributed by atoms with Crippen LogP contribution in [0.2, 0.25) is 0 Å². The number of benzene rings is 1. The summed E-state index contributed by atoms with van der Waals surface area (Å²) in [5, 5.41) is 6.13. The van der Waals surface area contributed by atoms with Crippen molar-refractivity contribution in [3.05, 3.63) is 35.1 Å². The number of amides is 1. The summed E-state index contributed by atoms with van der Waals surface area (Å²) >= 11 is 0. The molecule has 1 aromatic carbocycles. The second-order valence-electron chi connectivity index (χ2n) is 5.69. The molecule has 4 nitrogen and oxygen atoms in total. The van der Waals surface area contributed by atoms with Crippen molar-refractivity contribution in [2.75, 3.05) is 26.7 Å². The third-order valence-electron chi connectivity index (χ3n) is 4.06. The molecule has 1 amide bonds. The molecular weight excluding hydrogens is 269 g/mol. The summed E-state index contributed by atoms with van der Waals surface area (Å²) in [5.41, 5.74) is 1.66. The summed E-state index contributed by atoms with van der Waals surface area (Å²) in [6, 6.07) is 5.82. The highest BCUT2D eigenvalue weighted by Crippen LogP contribution is 2.12. The molecular formula is C16H24FN3O. The maximum absolute atomic E-state index is 13.5. The quantitative estimate of drug-likeness (QED) is 0.863. The molecule has 0 unspecified atom stereocenters. The zero-order valence-electron chi connectivity index (χ0n) is 12.8. The molecule has 1 aromatic rings. The molecule has 0 aromatic heterocycles. The molecule has 5 heteroatoms. The third kappa shape index (κ3) is 4.79. The van der Waals surface area contributed by atoms with Crippen LogP contribution < -0.4 is 10.6 Å². The first kappa shape index (κ1) is 15.9. The minimum atomic E-state index is -0.144. The first-order valence-corrected chi connectivity index (χ1v) is 7.50. The molecule has 1 fully saturated rings. The summed E-state index contributed by atoms with van der Waals surface area (Å²) in [6.45, 7) is 4.79. The molecule has 2 rings (SSSR count). The van der Waals surface area contributed by atoms with Crippen LogP contribution in [0.5, 0.6) is 0 Å². The highest BCUT2D eigenvalue weighted by molar-refractivity contribution is 5.77. The molecule has 0 aliphatic carbocycles. The van der Waals surface area contributed by atoms with Gasteiger partial charge in [0.25, 0.3) is 0 Å². The average molecular weight is 293 g/mol. The van der Waals surface area contributed by atoms with Crippen molar-refractivity contribution in [3.63, 3.8) is 0 Å². The van der Waals surface area contributed by atoms with Crippen molar-refractivity contribution in [1.29, 1.82) is 0 Å². The minimum absolute atomic E-state index is 0.0662. The van der Waals surface area contributed by atoms with Gasteiger partial charge < -0.3 is 10.6 Å². The normalized spacial score (nSPS) is 16.9. The van der Waals surface area contributed by atoms with E-state index in [4.69, 9.17) is 0 Å². The van der Waals surface area contributed by atoms with Crippen LogP contribution in [0, 0.1) is 12.7 Å². The molecule has 2 N–H and O–H groups in total. The van der Waals surface area contributed by atoms with Crippen molar-refractivity contribution in [1.82, 2.24) is 15.5 Å². The van der Waals surface area contributed by atoms with E-state index in [0.29, 0.717) is 24.7 Å². The van der Waals surface area contributed by atoms with Crippen molar-refractivity contribution in [2.45, 2.75) is 32.4 Å². The molecule has 0 radical (unpaired) electrons. The topological polar surface area (TPSA) is 44.4 Å². The second kappa shape index (κ2) is 7.52. The van der Waals surface area contributed by atoms with E-state index in [1.165, 1.54) is 0 Å². The summed E-state index contributed by atoms with van der Waals surface area (Å²) in [4.78, 5) is 13.5. The van der Waals surface area contributed by atoms with Crippen molar-refractivity contribution in [2.24, 2.45) is 0 Å². The Kier molecular flexibility index (Phi) is 5.70. The number of hydrogen-bond donors (Lipinski definition) is 2. The average Bonchev–Trinajstić information content (AvgIpc) is 2.50. The fraction of sp³-hybridized carbons (Fsp3) is 0.562. The first-order chi connectivity index (χ1) is 10.1. The molecule has 1 saturated heterocycles. The van der Waals surface area contributed by atoms with Crippen molar-refractivity contribution in [3.8, 4) is 0 Å². The number of rotatable bonds is 5. The van der Waals surface area contributed by atoms with Gasteiger partial charge in [0, 0.05) is 32.7 Å². The van der Waals surface area contributed by atoms with Gasteiger partial charge in [-0.15, -0.1) is 0 Å². The number of nitrogens with zero attached hydrogens (tertiary/aromatic N) is 1. The fourth-order valence-corrected chi connectivity index (χ4v) is 2.59. The Morgan fingerprint density at radius 3 is 2.71 bits per heavy atom. The van der Waals surface area contributed by atoms with E-state index in [1.807, 2.05) is 12.1 Å². The standard InChI is InChI=1S/C16H24FN3O/c1-12-3-4-13(9-15(12)17)10-19-14-5-7-20(8-6-14)11-16(21)18-2/h3-4,9,14,19H,5-8,10-11H2,1-2H3,(H,18,21). The van der Waals surface area contributed by atoms with Gasteiger partial charge in [-0.1, -0.05) is 12.1 Å². The van der Waals surface area contributed by atoms with E-state index in [9.17, 15) is 9.18 Å². The fourth-order valence-electron chi connectivity index (χ4n) is 2.59. The molecule has 1 heterocycles. The van der Waals surface area contributed by atoms with Gasteiger partial charge in [0.1, 0.15) is 5.82 Å². The molecule has 1 aliphatic rings. The number of piperidine rings is 1. The second-order valence-corrected chi connectivity index (χ2v) is 5.69. The Balaban J connectivity index is 1.73. The lowest BCUT2D eigenvalue weighted by molar-refractivity contribution is -0.122. The minimum Gasteiger partial charge on any atom is -0.358 e. The van der Waals surface area contributed by atoms with Crippen LogP contribution in [-0.4, -0.2) is 43.5 Å². The van der Waals surface area contributed by atoms with Crippen molar-refractivity contribution >= 4 is 5.91 Å². The summed E-state index contributed by atoms with van der Waals surface area (Å²) in [6.07, 6.45) is 2.04. The van der Waals surface area contributed by atoms with Crippen LogP contribution in [0.15, 0.2) is 18.2 Å². The third-order valence-corrected chi connectivity index (χ3v) is 4.06. The lowest BCUT2D eigenvalue weighted by atomic mass is 10.0. The maximum atomic E-state index is 13.5. The van der Waals surface area contributed by atoms with Crippen LogP contribution in [0.1, 0.15) is 24.0 Å². The van der Waals surface area contributed by atoms with Gasteiger partial charge in [0.2, 0.25) is 5.91 Å². The first-order valence-electron chi connectivity index (χ1n) is 7.50. The van der Waals surface area contributed by atoms with Gasteiger partial charge in [0.15, 0.2) is 0 Å². The van der Waals surface area contributed by atoms with E-state index >= 15 is 0 Å². The van der Waals surface area contributed by atoms with Crippen LogP contribution in [0.25, 0.3) is 0 Å². The Morgan fingerprint density at radius 2 is 2.10 bits per heavy atom. The van der Waals surface area contributed by atoms with Crippen molar-refractivity contribution < 1.29 is 9.18 Å². The smallest absolute Gasteiger partial charge is 0.233 e. The number of nitrogens with one attached hydrogen (secondary N) is 2. The molecule has 0 bridgehead atoms. The van der Waals surface area contributed by atoms with E-state index in [2.05, 4.69) is 15.5 Å². The van der Waals surface area contributed by atoms with Crippen LogP contribution in [0.4, 0.5) is 4.39 Å². The Bertz CT molecular complexity index is 484. The Hall–Kier alpha value is -1.46. The number of likely N-dealkylation sites (tertiary alicyclic amines) is 1. The number of halogens is 1. The van der Waals surface area contributed by atoms with Crippen LogP contribution in [-0.2, 0) is 11.3 Å². The predicted molar refractivity (Wildman–Crippen MR) is 81.5 cm³/mol. The van der Waals surface area contributed by atoms with Crippen LogP contribution in [0.3, 0.4) is 0 Å². The molecule has 0 spiro atoms. The largest absolute Gasteiger partial charge is 0.358 e. The molecule has 1 aliphatic heterocycles. The summed E-state index contributed by atoms with van der Waals surface area (Å²) in [7, 11) is 1.66. The van der Waals surface area contributed by atoms with E-state index in [1.54, 1.807) is 20.0 Å². The SMILES string of the molecule is CNC(=O)CN1CCC(NCc2ccc(C)c(F)c2)CC1. The van der Waals surface area contributed by atoms with Gasteiger partial charge in [-0.05, 0) is 37.0 Å². The maximum Gasteiger partial charge on any atom is 0.233 e. The Labute approximate surface area is 125 Å². The van der Waals surface area contributed by atoms with Gasteiger partial charge in [0.05, 0.1) is 6.54 Å². The molecule has 116 valence electrons. The Morgan fingerprint density at radius 1 is 1.38 bits per heavy atom. The number of carbonyl (C=O) groups excluding carboxylic acids is 1. The number of carbonyl (C=O) groups is 1. The number of likely N-dealkylation sites (N-methyl/N-ethyl adjacent to an activating group) is 1. The van der Waals surface area contributed by atoms with E-state index in [0.717, 1.165) is 31.5 Å². The van der Waals surface area contributed by atoms with Gasteiger partial charge >= 0.3 is 0 Å². The summed E-state index contributed by atoms with van der Waals surface area (Å²) < 4.78 is 13.5. The lowest BCUT2D eigenvalue weighted by Crippen LogP contribution is -2.45.